The van der Waals surface area contributed by atoms with E-state index in [9.17, 15) is 9.59 Å². The zero-order valence-electron chi connectivity index (χ0n) is 11.3. The smallest absolute Gasteiger partial charge is 0.307 e. The highest BCUT2D eigenvalue weighted by atomic mass is 35.5. The van der Waals surface area contributed by atoms with Crippen LogP contribution in [0, 0.1) is 24.2 Å². The number of aryl methyl sites for hydroxylation is 1. The van der Waals surface area contributed by atoms with Crippen molar-refractivity contribution in [2.75, 3.05) is 5.32 Å². The second kappa shape index (κ2) is 4.93. The second-order valence-corrected chi connectivity index (χ2v) is 6.44. The number of carboxylic acid groups (broad SMARTS) is 1. The second-order valence-electron chi connectivity index (χ2n) is 5.66. The van der Waals surface area contributed by atoms with Crippen molar-refractivity contribution in [3.05, 3.63) is 27.7 Å². The molecule has 0 heterocycles. The number of carbonyl (C=O) groups excluding carboxylic acids is 1. The summed E-state index contributed by atoms with van der Waals surface area (Å²) >= 11 is 12.1. The van der Waals surface area contributed by atoms with Crippen LogP contribution in [-0.2, 0) is 9.59 Å². The molecule has 4 nitrogen and oxygen atoms in total. The Hall–Kier alpha value is -1.26. The third kappa shape index (κ3) is 2.38. The van der Waals surface area contributed by atoms with Gasteiger partial charge in [-0.3, -0.25) is 9.59 Å². The summed E-state index contributed by atoms with van der Waals surface area (Å²) in [6.45, 7) is 5.32. The van der Waals surface area contributed by atoms with E-state index in [1.807, 2.05) is 0 Å². The molecule has 2 atom stereocenters. The molecule has 0 bridgehead atoms. The van der Waals surface area contributed by atoms with Gasteiger partial charge in [-0.25, -0.2) is 0 Å². The van der Waals surface area contributed by atoms with Crippen LogP contribution < -0.4 is 5.32 Å². The van der Waals surface area contributed by atoms with Crippen molar-refractivity contribution in [3.8, 4) is 0 Å². The third-order valence-electron chi connectivity index (χ3n) is 3.91. The summed E-state index contributed by atoms with van der Waals surface area (Å²) in [5, 5.41) is 12.5. The molecule has 108 valence electrons. The fourth-order valence-electron chi connectivity index (χ4n) is 2.56. The van der Waals surface area contributed by atoms with Crippen LogP contribution in [0.5, 0.6) is 0 Å². The maximum absolute atomic E-state index is 12.2. The quantitative estimate of drug-likeness (QED) is 0.895. The van der Waals surface area contributed by atoms with Gasteiger partial charge in [-0.05, 0) is 24.0 Å². The minimum Gasteiger partial charge on any atom is -0.481 e. The van der Waals surface area contributed by atoms with E-state index in [1.54, 1.807) is 32.9 Å². The van der Waals surface area contributed by atoms with E-state index in [0.29, 0.717) is 15.7 Å². The van der Waals surface area contributed by atoms with Gasteiger partial charge < -0.3 is 10.4 Å². The molecule has 0 radical (unpaired) electrons. The van der Waals surface area contributed by atoms with Crippen LogP contribution in [0.15, 0.2) is 12.1 Å². The predicted molar refractivity (Wildman–Crippen MR) is 78.2 cm³/mol. The molecule has 1 amide bonds. The molecule has 1 aliphatic rings. The first-order valence-corrected chi connectivity index (χ1v) is 6.91. The number of benzene rings is 1. The first-order valence-electron chi connectivity index (χ1n) is 6.16. The van der Waals surface area contributed by atoms with E-state index in [2.05, 4.69) is 5.32 Å². The maximum atomic E-state index is 12.2. The number of carbonyl (C=O) groups is 2. The summed E-state index contributed by atoms with van der Waals surface area (Å²) in [5.74, 6) is -2.58. The number of anilines is 1. The molecule has 1 fully saturated rings. The molecule has 1 saturated carbocycles. The van der Waals surface area contributed by atoms with Crippen molar-refractivity contribution in [3.63, 3.8) is 0 Å². The van der Waals surface area contributed by atoms with Crippen LogP contribution >= 0.6 is 23.2 Å². The molecule has 0 aliphatic heterocycles. The lowest BCUT2D eigenvalue weighted by Crippen LogP contribution is -2.18. The average Bonchev–Trinajstić information content (AvgIpc) is 2.93. The average molecular weight is 316 g/mol. The van der Waals surface area contributed by atoms with E-state index in [0.717, 1.165) is 5.56 Å². The number of halogens is 2. The van der Waals surface area contributed by atoms with Gasteiger partial charge in [0, 0.05) is 0 Å². The Morgan fingerprint density at radius 2 is 1.85 bits per heavy atom. The summed E-state index contributed by atoms with van der Waals surface area (Å²) in [5.41, 5.74) is 0.569. The zero-order chi connectivity index (χ0) is 15.2. The van der Waals surface area contributed by atoms with Crippen LogP contribution in [0.2, 0.25) is 10.0 Å². The lowest BCUT2D eigenvalue weighted by Gasteiger charge is -2.11. The minimum atomic E-state index is -0.961. The molecule has 0 spiro atoms. The topological polar surface area (TPSA) is 66.4 Å². The van der Waals surface area contributed by atoms with E-state index in [1.165, 1.54) is 0 Å². The number of carboxylic acids is 1. The Bertz CT molecular complexity index is 598. The van der Waals surface area contributed by atoms with Crippen molar-refractivity contribution in [1.82, 2.24) is 0 Å². The fourth-order valence-corrected chi connectivity index (χ4v) is 3.03. The van der Waals surface area contributed by atoms with Crippen molar-refractivity contribution in [1.29, 1.82) is 0 Å². The standard InChI is InChI=1S/C14H15Cl2NO3/c1-6-4-5-7(15)11(10(6)16)17-12(18)8-9(13(19)20)14(8,2)3/h4-5,8-9H,1-3H3,(H,17,18)(H,19,20). The molecular formula is C14H15Cl2NO3. The van der Waals surface area contributed by atoms with Gasteiger partial charge in [0.25, 0.3) is 0 Å². The maximum Gasteiger partial charge on any atom is 0.307 e. The van der Waals surface area contributed by atoms with Gasteiger partial charge in [0.05, 0.1) is 27.6 Å². The van der Waals surface area contributed by atoms with Crippen LogP contribution in [-0.4, -0.2) is 17.0 Å². The van der Waals surface area contributed by atoms with Gasteiger partial charge in [-0.15, -0.1) is 0 Å². The summed E-state index contributed by atoms with van der Waals surface area (Å²) in [6, 6.07) is 3.40. The van der Waals surface area contributed by atoms with Gasteiger partial charge >= 0.3 is 5.97 Å². The normalized spacial score (nSPS) is 23.2. The first-order chi connectivity index (χ1) is 9.17. The summed E-state index contributed by atoms with van der Waals surface area (Å²) < 4.78 is 0. The SMILES string of the molecule is Cc1ccc(Cl)c(NC(=O)C2C(C(=O)O)C2(C)C)c1Cl. The van der Waals surface area contributed by atoms with E-state index < -0.39 is 23.2 Å². The van der Waals surface area contributed by atoms with E-state index >= 15 is 0 Å². The molecule has 1 aliphatic carbocycles. The molecule has 2 rings (SSSR count). The van der Waals surface area contributed by atoms with Gasteiger partial charge in [0.2, 0.25) is 5.91 Å². The largest absolute Gasteiger partial charge is 0.481 e. The summed E-state index contributed by atoms with van der Waals surface area (Å²) in [7, 11) is 0. The highest BCUT2D eigenvalue weighted by Crippen LogP contribution is 2.58. The molecule has 1 aromatic rings. The van der Waals surface area contributed by atoms with Crippen LogP contribution in [0.3, 0.4) is 0 Å². The Balaban J connectivity index is 2.23. The highest BCUT2D eigenvalue weighted by Gasteiger charge is 2.65. The number of nitrogens with one attached hydrogen (secondary N) is 1. The van der Waals surface area contributed by atoms with Crippen LogP contribution in [0.25, 0.3) is 0 Å². The predicted octanol–water partition coefficient (Wildman–Crippen LogP) is 3.60. The van der Waals surface area contributed by atoms with E-state index in [4.69, 9.17) is 28.3 Å². The lowest BCUT2D eigenvalue weighted by molar-refractivity contribution is -0.140. The molecule has 1 aromatic carbocycles. The molecular weight excluding hydrogens is 301 g/mol. The fraction of sp³-hybridized carbons (Fsp3) is 0.429. The minimum absolute atomic E-state index is 0.333. The summed E-state index contributed by atoms with van der Waals surface area (Å²) in [6.07, 6.45) is 0. The number of amides is 1. The van der Waals surface area contributed by atoms with Gasteiger partial charge in [-0.1, -0.05) is 43.1 Å². The van der Waals surface area contributed by atoms with Crippen molar-refractivity contribution in [2.24, 2.45) is 17.3 Å². The molecule has 0 saturated heterocycles. The molecule has 20 heavy (non-hydrogen) atoms. The number of aliphatic carboxylic acids is 1. The van der Waals surface area contributed by atoms with Gasteiger partial charge in [0.1, 0.15) is 0 Å². The Morgan fingerprint density at radius 1 is 1.25 bits per heavy atom. The zero-order valence-corrected chi connectivity index (χ0v) is 12.8. The van der Waals surface area contributed by atoms with Crippen molar-refractivity contribution in [2.45, 2.75) is 20.8 Å². The Morgan fingerprint density at radius 3 is 2.35 bits per heavy atom. The third-order valence-corrected chi connectivity index (χ3v) is 4.71. The van der Waals surface area contributed by atoms with Gasteiger partial charge in [0.15, 0.2) is 0 Å². The molecule has 2 unspecified atom stereocenters. The Labute approximate surface area is 127 Å². The van der Waals surface area contributed by atoms with Crippen molar-refractivity contribution < 1.29 is 14.7 Å². The van der Waals surface area contributed by atoms with Crippen molar-refractivity contribution >= 4 is 40.8 Å². The molecule has 2 N–H and O–H groups in total. The number of rotatable bonds is 3. The highest BCUT2D eigenvalue weighted by molar-refractivity contribution is 6.40. The number of hydrogen-bond donors (Lipinski definition) is 2. The lowest BCUT2D eigenvalue weighted by atomic mass is 10.1. The van der Waals surface area contributed by atoms with Crippen LogP contribution in [0.1, 0.15) is 19.4 Å². The van der Waals surface area contributed by atoms with Gasteiger partial charge in [-0.2, -0.15) is 0 Å². The summed E-state index contributed by atoms with van der Waals surface area (Å²) in [4.78, 5) is 23.3. The van der Waals surface area contributed by atoms with E-state index in [-0.39, 0.29) is 5.91 Å². The van der Waals surface area contributed by atoms with Crippen LogP contribution in [0.4, 0.5) is 5.69 Å². The Kier molecular flexibility index (Phi) is 3.73. The molecule has 0 aromatic heterocycles. The monoisotopic (exact) mass is 315 g/mol. The first kappa shape index (κ1) is 15.1. The number of hydrogen-bond acceptors (Lipinski definition) is 2. The molecule has 6 heteroatoms.